The molecule has 1 aliphatic rings. The molecule has 3 heterocycles. The van der Waals surface area contributed by atoms with Gasteiger partial charge in [0.1, 0.15) is 11.1 Å². The normalized spacial score (nSPS) is 21.3. The van der Waals surface area contributed by atoms with Crippen LogP contribution in [0.5, 0.6) is 0 Å². The number of pyridine rings is 1. The highest BCUT2D eigenvalue weighted by Gasteiger charge is 2.33. The highest BCUT2D eigenvalue weighted by atomic mass is 32.2. The third-order valence-electron chi connectivity index (χ3n) is 3.84. The number of fused-ring (bicyclic) bond motifs is 1. The van der Waals surface area contributed by atoms with E-state index in [1.807, 2.05) is 0 Å². The Bertz CT molecular complexity index is 794. The lowest BCUT2D eigenvalue weighted by atomic mass is 10.2. The summed E-state index contributed by atoms with van der Waals surface area (Å²) in [6.07, 6.45) is 5.36. The van der Waals surface area contributed by atoms with Crippen molar-refractivity contribution in [2.24, 2.45) is 0 Å². The predicted octanol–water partition coefficient (Wildman–Crippen LogP) is 1.76. The molecule has 0 N–H and O–H groups in total. The molecule has 0 amide bonds. The molecule has 1 fully saturated rings. The standard InChI is InChI=1S/C14H16N2O4S/c1-20-14(17)10-5-6-11-8-15-13(16(11)9-10)12-4-2-3-7-21(12,18)19/h5-6,8-9,12H,2-4,7H2,1H3. The van der Waals surface area contributed by atoms with Crippen molar-refractivity contribution >= 4 is 21.3 Å². The van der Waals surface area contributed by atoms with Crippen molar-refractivity contribution in [2.75, 3.05) is 12.9 Å². The van der Waals surface area contributed by atoms with E-state index < -0.39 is 21.1 Å². The van der Waals surface area contributed by atoms with Gasteiger partial charge in [0.25, 0.3) is 0 Å². The first-order chi connectivity index (χ1) is 10.0. The lowest BCUT2D eigenvalue weighted by Gasteiger charge is -2.21. The van der Waals surface area contributed by atoms with Gasteiger partial charge in [-0.1, -0.05) is 6.42 Å². The molecule has 3 rings (SSSR count). The van der Waals surface area contributed by atoms with Gasteiger partial charge in [-0.25, -0.2) is 18.2 Å². The van der Waals surface area contributed by atoms with Crippen LogP contribution in [0.25, 0.3) is 5.52 Å². The first-order valence-electron chi connectivity index (χ1n) is 6.80. The summed E-state index contributed by atoms with van der Waals surface area (Å²) in [4.78, 5) is 15.9. The molecule has 0 saturated carbocycles. The molecular weight excluding hydrogens is 292 g/mol. The first kappa shape index (κ1) is 14.1. The molecule has 1 atom stereocenters. The van der Waals surface area contributed by atoms with E-state index in [1.54, 1.807) is 28.9 Å². The van der Waals surface area contributed by atoms with E-state index >= 15 is 0 Å². The van der Waals surface area contributed by atoms with Crippen LogP contribution in [0, 0.1) is 0 Å². The number of ether oxygens (including phenoxy) is 1. The van der Waals surface area contributed by atoms with Gasteiger partial charge in [-0.15, -0.1) is 0 Å². The van der Waals surface area contributed by atoms with Crippen molar-refractivity contribution < 1.29 is 17.9 Å². The molecule has 0 radical (unpaired) electrons. The lowest BCUT2D eigenvalue weighted by Crippen LogP contribution is -2.23. The summed E-state index contributed by atoms with van der Waals surface area (Å²) in [5, 5.41) is -0.596. The molecule has 2 aromatic rings. The van der Waals surface area contributed by atoms with Gasteiger partial charge in [-0.2, -0.15) is 0 Å². The quantitative estimate of drug-likeness (QED) is 0.790. The Balaban J connectivity index is 2.12. The lowest BCUT2D eigenvalue weighted by molar-refractivity contribution is 0.0600. The minimum atomic E-state index is -3.18. The SMILES string of the molecule is COC(=O)c1ccc2cnc(C3CCCCS3(=O)=O)n2c1. The van der Waals surface area contributed by atoms with Gasteiger partial charge in [0.15, 0.2) is 9.84 Å². The number of hydrogen-bond donors (Lipinski definition) is 0. The third-order valence-corrected chi connectivity index (χ3v) is 6.01. The number of esters is 1. The van der Waals surface area contributed by atoms with Gasteiger partial charge in [0, 0.05) is 6.20 Å². The minimum absolute atomic E-state index is 0.198. The van der Waals surface area contributed by atoms with E-state index in [-0.39, 0.29) is 5.75 Å². The smallest absolute Gasteiger partial charge is 0.339 e. The van der Waals surface area contributed by atoms with E-state index in [2.05, 4.69) is 4.98 Å². The third kappa shape index (κ3) is 2.42. The van der Waals surface area contributed by atoms with E-state index in [1.165, 1.54) is 7.11 Å². The number of hydrogen-bond acceptors (Lipinski definition) is 5. The highest BCUT2D eigenvalue weighted by Crippen LogP contribution is 2.33. The van der Waals surface area contributed by atoms with Gasteiger partial charge in [0.2, 0.25) is 0 Å². The van der Waals surface area contributed by atoms with E-state index in [0.717, 1.165) is 11.9 Å². The summed E-state index contributed by atoms with van der Waals surface area (Å²) >= 11 is 0. The fourth-order valence-electron chi connectivity index (χ4n) is 2.73. The number of rotatable bonds is 2. The zero-order valence-electron chi connectivity index (χ0n) is 11.7. The highest BCUT2D eigenvalue weighted by molar-refractivity contribution is 7.91. The van der Waals surface area contributed by atoms with Gasteiger partial charge < -0.3 is 9.14 Å². The van der Waals surface area contributed by atoms with Gasteiger partial charge in [-0.05, 0) is 25.0 Å². The Morgan fingerprint density at radius 1 is 1.38 bits per heavy atom. The largest absolute Gasteiger partial charge is 0.465 e. The first-order valence-corrected chi connectivity index (χ1v) is 8.51. The average molecular weight is 308 g/mol. The maximum Gasteiger partial charge on any atom is 0.339 e. The number of carbonyl (C=O) groups excluding carboxylic acids is 1. The van der Waals surface area contributed by atoms with Gasteiger partial charge >= 0.3 is 5.97 Å². The van der Waals surface area contributed by atoms with Crippen LogP contribution in [-0.2, 0) is 14.6 Å². The maximum absolute atomic E-state index is 12.3. The fraction of sp³-hybridized carbons (Fsp3) is 0.429. The summed E-state index contributed by atoms with van der Waals surface area (Å²) < 4.78 is 30.9. The number of aromatic nitrogens is 2. The molecule has 0 aromatic carbocycles. The van der Waals surface area contributed by atoms with E-state index in [4.69, 9.17) is 4.74 Å². The molecule has 1 saturated heterocycles. The van der Waals surface area contributed by atoms with Crippen LogP contribution >= 0.6 is 0 Å². The molecule has 0 bridgehead atoms. The Kier molecular flexibility index (Phi) is 3.44. The minimum Gasteiger partial charge on any atom is -0.465 e. The number of carbonyl (C=O) groups is 1. The predicted molar refractivity (Wildman–Crippen MR) is 76.9 cm³/mol. The summed E-state index contributed by atoms with van der Waals surface area (Å²) in [5.74, 6) is 0.224. The second-order valence-corrected chi connectivity index (χ2v) is 7.48. The van der Waals surface area contributed by atoms with E-state index in [0.29, 0.717) is 24.2 Å². The average Bonchev–Trinajstić information content (AvgIpc) is 2.88. The Hall–Kier alpha value is -1.89. The molecule has 0 spiro atoms. The van der Waals surface area contributed by atoms with Crippen molar-refractivity contribution in [2.45, 2.75) is 24.5 Å². The van der Waals surface area contributed by atoms with Crippen molar-refractivity contribution in [3.8, 4) is 0 Å². The Morgan fingerprint density at radius 3 is 2.90 bits per heavy atom. The van der Waals surface area contributed by atoms with Crippen LogP contribution in [0.1, 0.15) is 40.7 Å². The van der Waals surface area contributed by atoms with Crippen LogP contribution in [0.4, 0.5) is 0 Å². The van der Waals surface area contributed by atoms with Gasteiger partial charge in [0.05, 0.1) is 30.1 Å². The Labute approximate surface area is 122 Å². The summed E-state index contributed by atoms with van der Waals surface area (Å²) in [7, 11) is -1.86. The molecular formula is C14H16N2O4S. The van der Waals surface area contributed by atoms with E-state index in [9.17, 15) is 13.2 Å². The number of sulfone groups is 1. The Morgan fingerprint density at radius 2 is 2.19 bits per heavy atom. The summed E-state index contributed by atoms with van der Waals surface area (Å²) in [6, 6.07) is 3.38. The number of imidazole rings is 1. The molecule has 2 aromatic heterocycles. The zero-order chi connectivity index (χ0) is 15.0. The summed E-state index contributed by atoms with van der Waals surface area (Å²) in [6.45, 7) is 0. The maximum atomic E-state index is 12.3. The van der Waals surface area contributed by atoms with Crippen LogP contribution in [0.2, 0.25) is 0 Å². The van der Waals surface area contributed by atoms with Crippen molar-refractivity contribution in [1.29, 1.82) is 0 Å². The fourth-order valence-corrected chi connectivity index (χ4v) is 4.64. The second kappa shape index (κ2) is 5.14. The topological polar surface area (TPSA) is 77.7 Å². The summed E-state index contributed by atoms with van der Waals surface area (Å²) in [5.41, 5.74) is 1.14. The van der Waals surface area contributed by atoms with Crippen molar-refractivity contribution in [3.05, 3.63) is 35.9 Å². The molecule has 112 valence electrons. The monoisotopic (exact) mass is 308 g/mol. The zero-order valence-corrected chi connectivity index (χ0v) is 12.5. The van der Waals surface area contributed by atoms with Crippen molar-refractivity contribution in [3.63, 3.8) is 0 Å². The number of methoxy groups -OCH3 is 1. The molecule has 6 nitrogen and oxygen atoms in total. The van der Waals surface area contributed by atoms with Gasteiger partial charge in [-0.3, -0.25) is 0 Å². The molecule has 1 unspecified atom stereocenters. The number of nitrogens with zero attached hydrogens (tertiary/aromatic N) is 2. The molecule has 7 heteroatoms. The van der Waals surface area contributed by atoms with Crippen LogP contribution in [-0.4, -0.2) is 36.6 Å². The molecule has 0 aliphatic carbocycles. The van der Waals surface area contributed by atoms with Crippen LogP contribution in [0.15, 0.2) is 24.5 Å². The molecule has 21 heavy (non-hydrogen) atoms. The van der Waals surface area contributed by atoms with Crippen LogP contribution in [0.3, 0.4) is 0 Å². The van der Waals surface area contributed by atoms with Crippen LogP contribution < -0.4 is 0 Å². The second-order valence-electron chi connectivity index (χ2n) is 5.17. The van der Waals surface area contributed by atoms with Crippen molar-refractivity contribution in [1.82, 2.24) is 9.38 Å². The molecule has 1 aliphatic heterocycles.